The standard InChI is InChI=1S/C8H12N2O2.ClH/c9-11-5-7-2-1-3-8(4-7)6-12-10;/h1-4H,5-6,9-10H2;1H. The summed E-state index contributed by atoms with van der Waals surface area (Å²) < 4.78 is 0. The molecular weight excluding hydrogens is 192 g/mol. The number of hydrogen-bond donors (Lipinski definition) is 2. The van der Waals surface area contributed by atoms with Gasteiger partial charge in [-0.2, -0.15) is 0 Å². The van der Waals surface area contributed by atoms with E-state index < -0.39 is 0 Å². The first-order valence-electron chi connectivity index (χ1n) is 3.58. The van der Waals surface area contributed by atoms with Crippen LogP contribution in [0.4, 0.5) is 0 Å². The van der Waals surface area contributed by atoms with Crippen LogP contribution in [0.3, 0.4) is 0 Å². The molecule has 74 valence electrons. The van der Waals surface area contributed by atoms with Gasteiger partial charge in [0, 0.05) is 0 Å². The van der Waals surface area contributed by atoms with Crippen LogP contribution >= 0.6 is 12.4 Å². The normalized spacial score (nSPS) is 9.38. The molecule has 0 fully saturated rings. The van der Waals surface area contributed by atoms with Crippen molar-refractivity contribution < 1.29 is 9.68 Å². The maximum Gasteiger partial charge on any atom is 0.0930 e. The van der Waals surface area contributed by atoms with Crippen molar-refractivity contribution in [2.75, 3.05) is 0 Å². The second kappa shape index (κ2) is 6.82. The van der Waals surface area contributed by atoms with E-state index in [9.17, 15) is 0 Å². The summed E-state index contributed by atoms with van der Waals surface area (Å²) in [6.45, 7) is 0.802. The average Bonchev–Trinajstić information content (AvgIpc) is 2.06. The molecule has 0 saturated carbocycles. The van der Waals surface area contributed by atoms with Crippen LogP contribution in [0.5, 0.6) is 0 Å². The highest BCUT2D eigenvalue weighted by Crippen LogP contribution is 2.06. The molecule has 0 bridgehead atoms. The van der Waals surface area contributed by atoms with Crippen LogP contribution in [0.1, 0.15) is 11.1 Å². The molecule has 0 atom stereocenters. The number of halogens is 1. The molecule has 0 aliphatic carbocycles. The van der Waals surface area contributed by atoms with Gasteiger partial charge < -0.3 is 0 Å². The molecule has 4 N–H and O–H groups in total. The molecule has 0 saturated heterocycles. The van der Waals surface area contributed by atoms with E-state index in [1.165, 1.54) is 0 Å². The van der Waals surface area contributed by atoms with Crippen LogP contribution in [-0.2, 0) is 22.9 Å². The summed E-state index contributed by atoms with van der Waals surface area (Å²) in [5, 5.41) is 0. The number of benzene rings is 1. The fourth-order valence-corrected chi connectivity index (χ4v) is 1.00. The first-order valence-corrected chi connectivity index (χ1v) is 3.58. The summed E-state index contributed by atoms with van der Waals surface area (Å²) in [5.74, 6) is 9.86. The summed E-state index contributed by atoms with van der Waals surface area (Å²) in [6, 6.07) is 7.68. The SMILES string of the molecule is Cl.NOCc1cccc(CON)c1. The lowest BCUT2D eigenvalue weighted by atomic mass is 10.1. The largest absolute Gasteiger partial charge is 0.300 e. The van der Waals surface area contributed by atoms with Crippen molar-refractivity contribution >= 4 is 12.4 Å². The third kappa shape index (κ3) is 4.21. The van der Waals surface area contributed by atoms with Gasteiger partial charge in [-0.05, 0) is 11.1 Å². The van der Waals surface area contributed by atoms with Crippen molar-refractivity contribution in [3.8, 4) is 0 Å². The zero-order valence-electron chi connectivity index (χ0n) is 7.10. The number of nitrogens with two attached hydrogens (primary N) is 2. The predicted molar refractivity (Wildman–Crippen MR) is 51.6 cm³/mol. The lowest BCUT2D eigenvalue weighted by Gasteiger charge is -2.02. The van der Waals surface area contributed by atoms with Crippen molar-refractivity contribution in [3.63, 3.8) is 0 Å². The van der Waals surface area contributed by atoms with Crippen LogP contribution in [0, 0.1) is 0 Å². The van der Waals surface area contributed by atoms with Crippen molar-refractivity contribution in [2.24, 2.45) is 11.8 Å². The van der Waals surface area contributed by atoms with Gasteiger partial charge in [0.15, 0.2) is 0 Å². The predicted octanol–water partition coefficient (Wildman–Crippen LogP) is 0.889. The average molecular weight is 205 g/mol. The molecular formula is C8H13ClN2O2. The quantitative estimate of drug-likeness (QED) is 0.715. The molecule has 0 radical (unpaired) electrons. The molecule has 0 aromatic heterocycles. The van der Waals surface area contributed by atoms with Gasteiger partial charge in [0.05, 0.1) is 13.2 Å². The van der Waals surface area contributed by atoms with Crippen molar-refractivity contribution in [1.82, 2.24) is 0 Å². The van der Waals surface area contributed by atoms with Gasteiger partial charge in [0.1, 0.15) is 0 Å². The first-order chi connectivity index (χ1) is 5.86. The molecule has 0 amide bonds. The Labute approximate surface area is 83.1 Å². The molecule has 0 spiro atoms. The Balaban J connectivity index is 0.00000144. The minimum Gasteiger partial charge on any atom is -0.300 e. The zero-order chi connectivity index (χ0) is 8.81. The van der Waals surface area contributed by atoms with E-state index in [2.05, 4.69) is 9.68 Å². The van der Waals surface area contributed by atoms with E-state index in [0.29, 0.717) is 13.2 Å². The summed E-state index contributed by atoms with van der Waals surface area (Å²) in [6.07, 6.45) is 0. The highest BCUT2D eigenvalue weighted by atomic mass is 35.5. The lowest BCUT2D eigenvalue weighted by Crippen LogP contribution is -2.01. The van der Waals surface area contributed by atoms with Crippen molar-refractivity contribution in [3.05, 3.63) is 35.4 Å². The van der Waals surface area contributed by atoms with Crippen LogP contribution in [-0.4, -0.2) is 0 Å². The molecule has 1 aromatic rings. The van der Waals surface area contributed by atoms with Crippen LogP contribution in [0.15, 0.2) is 24.3 Å². The Hall–Kier alpha value is -0.650. The Kier molecular flexibility index (Phi) is 6.48. The topological polar surface area (TPSA) is 70.5 Å². The second-order valence-corrected chi connectivity index (χ2v) is 2.44. The second-order valence-electron chi connectivity index (χ2n) is 2.44. The van der Waals surface area contributed by atoms with E-state index in [-0.39, 0.29) is 12.4 Å². The van der Waals surface area contributed by atoms with Gasteiger partial charge in [0.2, 0.25) is 0 Å². The Morgan fingerprint density at radius 1 is 1.00 bits per heavy atom. The van der Waals surface area contributed by atoms with E-state index in [1.54, 1.807) is 0 Å². The monoisotopic (exact) mass is 204 g/mol. The lowest BCUT2D eigenvalue weighted by molar-refractivity contribution is 0.120. The third-order valence-electron chi connectivity index (χ3n) is 1.49. The number of hydrogen-bond acceptors (Lipinski definition) is 4. The van der Waals surface area contributed by atoms with Gasteiger partial charge in [-0.25, -0.2) is 11.8 Å². The molecule has 1 rings (SSSR count). The maximum absolute atomic E-state index is 4.93. The molecule has 4 nitrogen and oxygen atoms in total. The highest BCUT2D eigenvalue weighted by molar-refractivity contribution is 5.85. The summed E-state index contributed by atoms with van der Waals surface area (Å²) in [5.41, 5.74) is 2.01. The van der Waals surface area contributed by atoms with Crippen LogP contribution in [0.2, 0.25) is 0 Å². The maximum atomic E-state index is 4.93. The Bertz CT molecular complexity index is 224. The molecule has 1 aromatic carbocycles. The Morgan fingerprint density at radius 3 is 1.85 bits per heavy atom. The minimum absolute atomic E-state index is 0. The third-order valence-corrected chi connectivity index (χ3v) is 1.49. The summed E-state index contributed by atoms with van der Waals surface area (Å²) >= 11 is 0. The zero-order valence-corrected chi connectivity index (χ0v) is 7.92. The molecule has 5 heteroatoms. The van der Waals surface area contributed by atoms with Gasteiger partial charge in [-0.15, -0.1) is 12.4 Å². The highest BCUT2D eigenvalue weighted by Gasteiger charge is 1.94. The van der Waals surface area contributed by atoms with Crippen LogP contribution in [0.25, 0.3) is 0 Å². The molecule has 0 aliphatic rings. The molecule has 0 aliphatic heterocycles. The smallest absolute Gasteiger partial charge is 0.0930 e. The summed E-state index contributed by atoms with van der Waals surface area (Å²) in [7, 11) is 0. The van der Waals surface area contributed by atoms with Gasteiger partial charge >= 0.3 is 0 Å². The van der Waals surface area contributed by atoms with Crippen molar-refractivity contribution in [2.45, 2.75) is 13.2 Å². The van der Waals surface area contributed by atoms with Gasteiger partial charge in [0.25, 0.3) is 0 Å². The number of rotatable bonds is 4. The van der Waals surface area contributed by atoms with E-state index >= 15 is 0 Å². The summed E-state index contributed by atoms with van der Waals surface area (Å²) in [4.78, 5) is 8.98. The van der Waals surface area contributed by atoms with Crippen molar-refractivity contribution in [1.29, 1.82) is 0 Å². The van der Waals surface area contributed by atoms with E-state index in [0.717, 1.165) is 11.1 Å². The Morgan fingerprint density at radius 2 is 1.46 bits per heavy atom. The fourth-order valence-electron chi connectivity index (χ4n) is 1.00. The van der Waals surface area contributed by atoms with Gasteiger partial charge in [-0.1, -0.05) is 24.3 Å². The molecule has 0 heterocycles. The van der Waals surface area contributed by atoms with Crippen LogP contribution < -0.4 is 11.8 Å². The first kappa shape index (κ1) is 12.3. The van der Waals surface area contributed by atoms with Gasteiger partial charge in [-0.3, -0.25) is 9.68 Å². The molecule has 13 heavy (non-hydrogen) atoms. The fraction of sp³-hybridized carbons (Fsp3) is 0.250. The van der Waals surface area contributed by atoms with E-state index in [4.69, 9.17) is 11.8 Å². The molecule has 0 unspecified atom stereocenters. The minimum atomic E-state index is 0. The van der Waals surface area contributed by atoms with E-state index in [1.807, 2.05) is 24.3 Å².